The molecule has 1 aromatic heterocycles. The van der Waals surface area contributed by atoms with Gasteiger partial charge in [0.05, 0.1) is 6.07 Å². The summed E-state index contributed by atoms with van der Waals surface area (Å²) in [5, 5.41) is 13.7. The third-order valence-corrected chi connectivity index (χ3v) is 2.76. The van der Waals surface area contributed by atoms with E-state index in [2.05, 4.69) is 5.32 Å². The van der Waals surface area contributed by atoms with E-state index in [1.54, 1.807) is 0 Å². The first-order valence-electron chi connectivity index (χ1n) is 5.23. The molecule has 6 heteroatoms. The third kappa shape index (κ3) is 2.33. The number of nitrogens with one attached hydrogen (secondary N) is 1. The van der Waals surface area contributed by atoms with Crippen LogP contribution in [-0.4, -0.2) is 23.6 Å². The fourth-order valence-electron chi connectivity index (χ4n) is 1.76. The monoisotopic (exact) mass is 226 g/mol. The Hall–Kier alpha value is -1.56. The van der Waals surface area contributed by atoms with Crippen LogP contribution in [0.4, 0.5) is 5.88 Å². The molecule has 1 aliphatic heterocycles. The quantitative estimate of drug-likeness (QED) is 0.627. The molecule has 0 spiro atoms. The van der Waals surface area contributed by atoms with Gasteiger partial charge in [0.25, 0.3) is 5.95 Å². The molecule has 1 fully saturated rings. The van der Waals surface area contributed by atoms with Crippen LogP contribution in [0.1, 0.15) is 19.8 Å². The van der Waals surface area contributed by atoms with E-state index in [0.717, 1.165) is 25.9 Å². The fraction of sp³-hybridized carbons (Fsp3) is 0.600. The highest BCUT2D eigenvalue weighted by Gasteiger charge is 2.30. The number of furan rings is 1. The van der Waals surface area contributed by atoms with Crippen LogP contribution in [-0.2, 0) is 0 Å². The minimum Gasteiger partial charge on any atom is -0.459 e. The van der Waals surface area contributed by atoms with Crippen LogP contribution in [0.5, 0.6) is 5.95 Å². The second kappa shape index (κ2) is 4.13. The topological polar surface area (TPSA) is 77.5 Å². The van der Waals surface area contributed by atoms with E-state index in [4.69, 9.17) is 9.15 Å². The molecule has 0 saturated carbocycles. The first-order chi connectivity index (χ1) is 7.59. The molecule has 0 atom stereocenters. The molecule has 1 aromatic rings. The molecule has 0 radical (unpaired) electrons. The zero-order valence-corrected chi connectivity index (χ0v) is 9.06. The fourth-order valence-corrected chi connectivity index (χ4v) is 1.76. The average Bonchev–Trinajstić information content (AvgIpc) is 2.66. The lowest BCUT2D eigenvalue weighted by Gasteiger charge is -2.33. The van der Waals surface area contributed by atoms with E-state index < -0.39 is 4.92 Å². The number of nitrogens with zero attached hydrogens (tertiary/aromatic N) is 1. The van der Waals surface area contributed by atoms with Crippen molar-refractivity contribution in [1.29, 1.82) is 0 Å². The van der Waals surface area contributed by atoms with Gasteiger partial charge in [0.15, 0.2) is 0 Å². The molecule has 88 valence electrons. The molecule has 1 aliphatic rings. The summed E-state index contributed by atoms with van der Waals surface area (Å²) in [6.07, 6.45) is 1.73. The zero-order valence-electron chi connectivity index (χ0n) is 9.06. The molecule has 0 amide bonds. The first kappa shape index (κ1) is 10.9. The van der Waals surface area contributed by atoms with Gasteiger partial charge in [0.1, 0.15) is 10.5 Å². The molecule has 0 aliphatic carbocycles. The molecule has 1 N–H and O–H groups in total. The number of hydrogen-bond donors (Lipinski definition) is 1. The minimum atomic E-state index is -0.572. The number of rotatable bonds is 3. The summed E-state index contributed by atoms with van der Waals surface area (Å²) in [6, 6.07) is 2.80. The van der Waals surface area contributed by atoms with Gasteiger partial charge in [-0.05, 0) is 32.9 Å². The van der Waals surface area contributed by atoms with Crippen LogP contribution in [0.25, 0.3) is 0 Å². The Labute approximate surface area is 92.7 Å². The molecule has 2 rings (SSSR count). The highest BCUT2D eigenvalue weighted by atomic mass is 16.7. The molecule has 1 saturated heterocycles. The molecule has 0 unspecified atom stereocenters. The van der Waals surface area contributed by atoms with Crippen molar-refractivity contribution in [3.63, 3.8) is 0 Å². The van der Waals surface area contributed by atoms with Gasteiger partial charge >= 0.3 is 5.88 Å². The van der Waals surface area contributed by atoms with Gasteiger partial charge in [-0.15, -0.1) is 0 Å². The summed E-state index contributed by atoms with van der Waals surface area (Å²) in [7, 11) is 0. The standard InChI is InChI=1S/C10H14N2O4/c1-10(4-6-11-7-5-10)16-9-3-2-8(15-9)12(13)14/h2-3,11H,4-7H2,1H3. The van der Waals surface area contributed by atoms with Crippen molar-refractivity contribution in [2.75, 3.05) is 13.1 Å². The summed E-state index contributed by atoms with van der Waals surface area (Å²) in [5.74, 6) is -0.0661. The maximum Gasteiger partial charge on any atom is 0.436 e. The minimum absolute atomic E-state index is 0.219. The first-order valence-corrected chi connectivity index (χ1v) is 5.23. The van der Waals surface area contributed by atoms with Crippen molar-refractivity contribution >= 4 is 5.88 Å². The lowest BCUT2D eigenvalue weighted by molar-refractivity contribution is -0.402. The average molecular weight is 226 g/mol. The van der Waals surface area contributed by atoms with Gasteiger partial charge in [0.2, 0.25) is 0 Å². The highest BCUT2D eigenvalue weighted by Crippen LogP contribution is 2.29. The maximum absolute atomic E-state index is 10.4. The van der Waals surface area contributed by atoms with Gasteiger partial charge in [0, 0.05) is 6.07 Å². The number of hydrogen-bond acceptors (Lipinski definition) is 5. The second-order valence-corrected chi connectivity index (χ2v) is 4.15. The molecule has 0 bridgehead atoms. The predicted octanol–water partition coefficient (Wildman–Crippen LogP) is 1.71. The summed E-state index contributed by atoms with van der Waals surface area (Å²) in [5.41, 5.74) is -0.295. The molecular weight excluding hydrogens is 212 g/mol. The Morgan fingerprint density at radius 3 is 2.75 bits per heavy atom. The second-order valence-electron chi connectivity index (χ2n) is 4.15. The van der Waals surface area contributed by atoms with E-state index in [0.29, 0.717) is 0 Å². The van der Waals surface area contributed by atoms with Crippen molar-refractivity contribution in [3.05, 3.63) is 22.2 Å². The van der Waals surface area contributed by atoms with Gasteiger partial charge in [-0.25, -0.2) is 0 Å². The van der Waals surface area contributed by atoms with Gasteiger partial charge in [-0.3, -0.25) is 10.1 Å². The van der Waals surface area contributed by atoms with Crippen molar-refractivity contribution in [2.45, 2.75) is 25.4 Å². The molecule has 0 aromatic carbocycles. The van der Waals surface area contributed by atoms with Crippen LogP contribution in [0, 0.1) is 10.1 Å². The van der Waals surface area contributed by atoms with E-state index in [9.17, 15) is 10.1 Å². The lowest BCUT2D eigenvalue weighted by Crippen LogP contribution is -2.43. The van der Waals surface area contributed by atoms with Crippen molar-refractivity contribution < 1.29 is 14.1 Å². The molecule has 16 heavy (non-hydrogen) atoms. The Balaban J connectivity index is 2.04. The largest absolute Gasteiger partial charge is 0.459 e. The SMILES string of the molecule is CC1(Oc2ccc([N+](=O)[O-])o2)CCNCC1. The molecule has 6 nitrogen and oxygen atoms in total. The zero-order chi connectivity index (χ0) is 11.6. The molecule has 2 heterocycles. The summed E-state index contributed by atoms with van der Waals surface area (Å²) < 4.78 is 10.6. The van der Waals surface area contributed by atoms with Gasteiger partial charge < -0.3 is 14.5 Å². The van der Waals surface area contributed by atoms with Gasteiger partial charge in [-0.1, -0.05) is 0 Å². The van der Waals surface area contributed by atoms with Crippen LogP contribution >= 0.6 is 0 Å². The lowest BCUT2D eigenvalue weighted by atomic mass is 9.95. The van der Waals surface area contributed by atoms with Crippen LogP contribution < -0.4 is 10.1 Å². The smallest absolute Gasteiger partial charge is 0.436 e. The Morgan fingerprint density at radius 1 is 1.50 bits per heavy atom. The van der Waals surface area contributed by atoms with Crippen molar-refractivity contribution in [2.24, 2.45) is 0 Å². The Morgan fingerprint density at radius 2 is 2.19 bits per heavy atom. The van der Waals surface area contributed by atoms with Gasteiger partial charge in [-0.2, -0.15) is 0 Å². The van der Waals surface area contributed by atoms with E-state index in [1.807, 2.05) is 6.92 Å². The van der Waals surface area contributed by atoms with E-state index >= 15 is 0 Å². The third-order valence-electron chi connectivity index (χ3n) is 2.76. The highest BCUT2D eigenvalue weighted by molar-refractivity contribution is 5.21. The van der Waals surface area contributed by atoms with Crippen LogP contribution in [0.15, 0.2) is 16.5 Å². The van der Waals surface area contributed by atoms with E-state index in [-0.39, 0.29) is 17.4 Å². The normalized spacial score (nSPS) is 19.3. The van der Waals surface area contributed by atoms with E-state index in [1.165, 1.54) is 12.1 Å². The summed E-state index contributed by atoms with van der Waals surface area (Å²) in [4.78, 5) is 9.86. The van der Waals surface area contributed by atoms with Crippen molar-refractivity contribution in [1.82, 2.24) is 5.32 Å². The predicted molar refractivity (Wildman–Crippen MR) is 56.5 cm³/mol. The van der Waals surface area contributed by atoms with Crippen LogP contribution in [0.2, 0.25) is 0 Å². The Bertz CT molecular complexity index is 382. The van der Waals surface area contributed by atoms with Crippen LogP contribution in [0.3, 0.4) is 0 Å². The Kier molecular flexibility index (Phi) is 2.82. The summed E-state index contributed by atoms with van der Waals surface area (Å²) in [6.45, 7) is 3.76. The number of piperidine rings is 1. The number of nitro groups is 1. The van der Waals surface area contributed by atoms with Crippen molar-refractivity contribution in [3.8, 4) is 5.95 Å². The summed E-state index contributed by atoms with van der Waals surface area (Å²) >= 11 is 0. The number of ether oxygens (including phenoxy) is 1. The molecular formula is C10H14N2O4. The maximum atomic E-state index is 10.4.